The number of sulfonamides is 1. The molecule has 154 valence electrons. The number of hydrogen-bond donors (Lipinski definition) is 2. The number of pyridine rings is 1. The van der Waals surface area contributed by atoms with Crippen LogP contribution < -0.4 is 14.8 Å². The first kappa shape index (κ1) is 20.0. The van der Waals surface area contributed by atoms with Crippen LogP contribution in [0.2, 0.25) is 0 Å². The smallest absolute Gasteiger partial charge is 0.229 e. The van der Waals surface area contributed by atoms with Crippen LogP contribution in [-0.4, -0.2) is 26.8 Å². The second kappa shape index (κ2) is 7.50. The summed E-state index contributed by atoms with van der Waals surface area (Å²) in [7, 11) is -1.82. The highest BCUT2D eigenvalue weighted by molar-refractivity contribution is 7.92. The fraction of sp³-hybridized carbons (Fsp3) is 0.174. The van der Waals surface area contributed by atoms with Crippen LogP contribution in [0.3, 0.4) is 0 Å². The molecule has 2 N–H and O–H groups in total. The van der Waals surface area contributed by atoms with E-state index in [-0.39, 0.29) is 0 Å². The van der Waals surface area contributed by atoms with Crippen molar-refractivity contribution in [2.24, 2.45) is 0 Å². The summed E-state index contributed by atoms with van der Waals surface area (Å²) < 4.78 is 31.1. The SMILES string of the molecule is COc1cc(NS(C)(=O)=O)ccc1Nc1c2ccccc2nc2c(C)c(C)ccc12. The maximum absolute atomic E-state index is 11.6. The standard InChI is InChI=1S/C23H23N3O3S/c1-14-9-11-18-22(15(14)2)24-19-8-6-5-7-17(19)23(18)25-20-12-10-16(13-21(20)29-3)26-30(4,27)28/h5-13,26H,1-4H3,(H,24,25). The monoisotopic (exact) mass is 421 g/mol. The highest BCUT2D eigenvalue weighted by Gasteiger charge is 2.14. The van der Waals surface area contributed by atoms with Crippen molar-refractivity contribution in [3.63, 3.8) is 0 Å². The van der Waals surface area contributed by atoms with Crippen molar-refractivity contribution < 1.29 is 13.2 Å². The average Bonchev–Trinajstić information content (AvgIpc) is 2.70. The fourth-order valence-corrected chi connectivity index (χ4v) is 4.09. The molecule has 0 saturated carbocycles. The molecule has 0 atom stereocenters. The van der Waals surface area contributed by atoms with Gasteiger partial charge in [0.2, 0.25) is 10.0 Å². The number of hydrogen-bond acceptors (Lipinski definition) is 5. The number of anilines is 3. The lowest BCUT2D eigenvalue weighted by Crippen LogP contribution is -2.09. The van der Waals surface area contributed by atoms with Crippen molar-refractivity contribution in [2.45, 2.75) is 13.8 Å². The van der Waals surface area contributed by atoms with E-state index in [0.29, 0.717) is 11.4 Å². The summed E-state index contributed by atoms with van der Waals surface area (Å²) in [5, 5.41) is 5.51. The minimum Gasteiger partial charge on any atom is -0.494 e. The molecule has 1 aromatic heterocycles. The molecule has 1 heterocycles. The number of aromatic nitrogens is 1. The molecule has 3 aromatic carbocycles. The molecule has 0 aliphatic carbocycles. The van der Waals surface area contributed by atoms with Gasteiger partial charge in [-0.15, -0.1) is 0 Å². The second-order valence-corrected chi connectivity index (χ2v) is 9.07. The molecule has 0 unspecified atom stereocenters. The second-order valence-electron chi connectivity index (χ2n) is 7.32. The summed E-state index contributed by atoms with van der Waals surface area (Å²) in [5.74, 6) is 0.529. The van der Waals surface area contributed by atoms with Crippen molar-refractivity contribution in [1.29, 1.82) is 0 Å². The number of nitrogens with one attached hydrogen (secondary N) is 2. The molecule has 0 radical (unpaired) electrons. The number of methoxy groups -OCH3 is 1. The Hall–Kier alpha value is -3.32. The van der Waals surface area contributed by atoms with Crippen LogP contribution >= 0.6 is 0 Å². The van der Waals surface area contributed by atoms with Crippen molar-refractivity contribution in [1.82, 2.24) is 4.98 Å². The van der Waals surface area contributed by atoms with Gasteiger partial charge in [0, 0.05) is 16.8 Å². The quantitative estimate of drug-likeness (QED) is 0.437. The lowest BCUT2D eigenvalue weighted by atomic mass is 10.0. The molecule has 6 nitrogen and oxygen atoms in total. The normalized spacial score (nSPS) is 11.6. The van der Waals surface area contributed by atoms with Crippen LogP contribution in [0.5, 0.6) is 5.75 Å². The van der Waals surface area contributed by atoms with Gasteiger partial charge in [-0.3, -0.25) is 4.72 Å². The Morgan fingerprint density at radius 2 is 1.73 bits per heavy atom. The molecule has 0 spiro atoms. The molecule has 0 amide bonds. The first-order valence-electron chi connectivity index (χ1n) is 9.48. The highest BCUT2D eigenvalue weighted by atomic mass is 32.2. The Bertz CT molecular complexity index is 1380. The van der Waals surface area contributed by atoms with E-state index in [0.717, 1.165) is 45.0 Å². The molecule has 0 bridgehead atoms. The summed E-state index contributed by atoms with van der Waals surface area (Å²) >= 11 is 0. The summed E-state index contributed by atoms with van der Waals surface area (Å²) in [6.07, 6.45) is 1.12. The first-order valence-corrected chi connectivity index (χ1v) is 11.4. The largest absolute Gasteiger partial charge is 0.494 e. The van der Waals surface area contributed by atoms with Gasteiger partial charge < -0.3 is 10.1 Å². The Morgan fingerprint density at radius 1 is 0.967 bits per heavy atom. The fourth-order valence-electron chi connectivity index (χ4n) is 3.54. The summed E-state index contributed by atoms with van der Waals surface area (Å²) in [6.45, 7) is 4.16. The molecule has 4 rings (SSSR count). The van der Waals surface area contributed by atoms with Crippen molar-refractivity contribution in [3.05, 3.63) is 65.7 Å². The lowest BCUT2D eigenvalue weighted by molar-refractivity contribution is 0.417. The lowest BCUT2D eigenvalue weighted by Gasteiger charge is -2.17. The van der Waals surface area contributed by atoms with Crippen molar-refractivity contribution >= 4 is 48.9 Å². The summed E-state index contributed by atoms with van der Waals surface area (Å²) in [4.78, 5) is 4.89. The number of para-hydroxylation sites is 1. The zero-order chi connectivity index (χ0) is 21.5. The number of nitrogens with zero attached hydrogens (tertiary/aromatic N) is 1. The maximum atomic E-state index is 11.6. The zero-order valence-electron chi connectivity index (χ0n) is 17.3. The van der Waals surface area contributed by atoms with Crippen LogP contribution in [0.4, 0.5) is 17.1 Å². The van der Waals surface area contributed by atoms with Crippen LogP contribution in [0.15, 0.2) is 54.6 Å². The van der Waals surface area contributed by atoms with Gasteiger partial charge in [-0.05, 0) is 43.2 Å². The van der Waals surface area contributed by atoms with Crippen LogP contribution in [-0.2, 0) is 10.0 Å². The number of ether oxygens (including phenoxy) is 1. The first-order chi connectivity index (χ1) is 14.3. The number of benzene rings is 3. The van der Waals surface area contributed by atoms with E-state index in [1.807, 2.05) is 24.3 Å². The molecule has 0 aliphatic heterocycles. The van der Waals surface area contributed by atoms with Crippen LogP contribution in [0.25, 0.3) is 21.8 Å². The van der Waals surface area contributed by atoms with E-state index in [4.69, 9.17) is 9.72 Å². The van der Waals surface area contributed by atoms with E-state index in [1.54, 1.807) is 25.3 Å². The van der Waals surface area contributed by atoms with Crippen molar-refractivity contribution in [3.8, 4) is 5.75 Å². The third kappa shape index (κ3) is 3.76. The molecule has 30 heavy (non-hydrogen) atoms. The molecular weight excluding hydrogens is 398 g/mol. The number of fused-ring (bicyclic) bond motifs is 2. The predicted octanol–water partition coefficient (Wildman–Crippen LogP) is 5.13. The molecular formula is C23H23N3O3S. The molecule has 0 aliphatic rings. The Morgan fingerprint density at radius 3 is 2.47 bits per heavy atom. The van der Waals surface area contributed by atoms with Crippen LogP contribution in [0, 0.1) is 13.8 Å². The third-order valence-corrected chi connectivity index (χ3v) is 5.75. The summed E-state index contributed by atoms with van der Waals surface area (Å²) in [5.41, 5.74) is 6.27. The van der Waals surface area contributed by atoms with Crippen LogP contribution in [0.1, 0.15) is 11.1 Å². The Balaban J connectivity index is 1.90. The van der Waals surface area contributed by atoms with Gasteiger partial charge in [-0.2, -0.15) is 0 Å². The molecule has 7 heteroatoms. The zero-order valence-corrected chi connectivity index (χ0v) is 18.1. The van der Waals surface area contributed by atoms with Gasteiger partial charge in [0.25, 0.3) is 0 Å². The summed E-state index contributed by atoms with van der Waals surface area (Å²) in [6, 6.07) is 17.3. The third-order valence-electron chi connectivity index (χ3n) is 5.14. The molecule has 0 saturated heterocycles. The molecule has 4 aromatic rings. The predicted molar refractivity (Wildman–Crippen MR) is 123 cm³/mol. The minimum atomic E-state index is -3.37. The van der Waals surface area contributed by atoms with Crippen molar-refractivity contribution in [2.75, 3.05) is 23.4 Å². The van der Waals surface area contributed by atoms with E-state index >= 15 is 0 Å². The minimum absolute atomic E-state index is 0.441. The Kier molecular flexibility index (Phi) is 4.99. The van der Waals surface area contributed by atoms with Gasteiger partial charge in [0.05, 0.1) is 41.5 Å². The van der Waals surface area contributed by atoms with E-state index < -0.39 is 10.0 Å². The topological polar surface area (TPSA) is 80.3 Å². The number of aryl methyl sites for hydroxylation is 2. The highest BCUT2D eigenvalue weighted by Crippen LogP contribution is 2.38. The van der Waals surface area contributed by atoms with Gasteiger partial charge in [0.15, 0.2) is 0 Å². The van der Waals surface area contributed by atoms with E-state index in [1.165, 1.54) is 5.56 Å². The van der Waals surface area contributed by atoms with Gasteiger partial charge in [0.1, 0.15) is 5.75 Å². The van der Waals surface area contributed by atoms with Gasteiger partial charge >= 0.3 is 0 Å². The average molecular weight is 422 g/mol. The maximum Gasteiger partial charge on any atom is 0.229 e. The van der Waals surface area contributed by atoms with Gasteiger partial charge in [-0.1, -0.05) is 30.3 Å². The van der Waals surface area contributed by atoms with E-state index in [2.05, 4.69) is 36.0 Å². The Labute approximate surface area is 176 Å². The van der Waals surface area contributed by atoms with Gasteiger partial charge in [-0.25, -0.2) is 13.4 Å². The number of rotatable bonds is 5. The molecule has 0 fully saturated rings. The van der Waals surface area contributed by atoms with E-state index in [9.17, 15) is 8.42 Å².